The van der Waals surface area contributed by atoms with E-state index in [2.05, 4.69) is 21.9 Å². The molecule has 37 heavy (non-hydrogen) atoms. The molecule has 3 N–H and O–H groups in total. The third-order valence-corrected chi connectivity index (χ3v) is 8.33. The number of para-hydroxylation sites is 2. The van der Waals surface area contributed by atoms with E-state index in [0.29, 0.717) is 18.8 Å². The van der Waals surface area contributed by atoms with Gasteiger partial charge in [-0.1, -0.05) is 36.4 Å². The Labute approximate surface area is 216 Å². The first kappa shape index (κ1) is 26.2. The number of amides is 3. The summed E-state index contributed by atoms with van der Waals surface area (Å²) in [6, 6.07) is 14.8. The zero-order valence-electron chi connectivity index (χ0n) is 20.8. The zero-order valence-corrected chi connectivity index (χ0v) is 21.6. The second-order valence-electron chi connectivity index (χ2n) is 9.20. The maximum absolute atomic E-state index is 13.6. The van der Waals surface area contributed by atoms with Crippen molar-refractivity contribution < 1.29 is 22.8 Å². The molecule has 0 spiro atoms. The van der Waals surface area contributed by atoms with Crippen LogP contribution >= 0.6 is 0 Å². The lowest BCUT2D eigenvalue weighted by Crippen LogP contribution is -2.63. The highest BCUT2D eigenvalue weighted by Crippen LogP contribution is 2.45. The van der Waals surface area contributed by atoms with Crippen LogP contribution in [0.25, 0.3) is 0 Å². The van der Waals surface area contributed by atoms with Crippen LogP contribution in [0.5, 0.6) is 0 Å². The molecular formula is C26H31N5O5S. The normalized spacial score (nSPS) is 23.1. The number of benzene rings is 2. The fourth-order valence-electron chi connectivity index (χ4n) is 4.73. The van der Waals surface area contributed by atoms with Crippen LogP contribution in [0.1, 0.15) is 13.3 Å². The van der Waals surface area contributed by atoms with Crippen molar-refractivity contribution in [2.45, 2.75) is 29.8 Å². The number of carbonyl (C=O) groups is 3. The van der Waals surface area contributed by atoms with Gasteiger partial charge in [0.1, 0.15) is 16.5 Å². The molecule has 3 atom stereocenters. The molecular weight excluding hydrogens is 494 g/mol. The van der Waals surface area contributed by atoms with Crippen molar-refractivity contribution in [2.24, 2.45) is 5.92 Å². The van der Waals surface area contributed by atoms with Gasteiger partial charge in [0.2, 0.25) is 11.8 Å². The second-order valence-corrected chi connectivity index (χ2v) is 10.8. The van der Waals surface area contributed by atoms with Crippen LogP contribution < -0.4 is 20.3 Å². The van der Waals surface area contributed by atoms with Crippen molar-refractivity contribution in [3.05, 3.63) is 67.3 Å². The number of hydrogen-bond acceptors (Lipinski definition) is 7. The molecule has 2 fully saturated rings. The van der Waals surface area contributed by atoms with Gasteiger partial charge in [-0.25, -0.2) is 13.1 Å². The minimum Gasteiger partial charge on any atom is -0.387 e. The van der Waals surface area contributed by atoms with E-state index in [1.807, 2.05) is 35.2 Å². The molecule has 0 bridgehead atoms. The van der Waals surface area contributed by atoms with Gasteiger partial charge in [0, 0.05) is 38.7 Å². The molecule has 1 unspecified atom stereocenters. The fourth-order valence-corrected chi connectivity index (χ4v) is 5.99. The summed E-state index contributed by atoms with van der Waals surface area (Å²) in [5, 5.41) is 5.62. The largest absolute Gasteiger partial charge is 0.387 e. The van der Waals surface area contributed by atoms with Crippen molar-refractivity contribution in [1.82, 2.24) is 14.9 Å². The van der Waals surface area contributed by atoms with Gasteiger partial charge >= 0.3 is 0 Å². The van der Waals surface area contributed by atoms with Crippen LogP contribution in [-0.4, -0.2) is 69.3 Å². The number of nitrogens with one attached hydrogen (secondary N) is 3. The monoisotopic (exact) mass is 525 g/mol. The summed E-state index contributed by atoms with van der Waals surface area (Å²) in [5.74, 6) is -1.89. The molecule has 2 aromatic rings. The first-order valence-electron chi connectivity index (χ1n) is 12.0. The highest BCUT2D eigenvalue weighted by Gasteiger charge is 2.61. The molecule has 2 aromatic carbocycles. The average molecular weight is 526 g/mol. The van der Waals surface area contributed by atoms with E-state index in [4.69, 9.17) is 0 Å². The molecule has 1 heterocycles. The predicted octanol–water partition coefficient (Wildman–Crippen LogP) is 1.33. The van der Waals surface area contributed by atoms with Crippen molar-refractivity contribution in [2.75, 3.05) is 36.9 Å². The van der Waals surface area contributed by atoms with E-state index in [-0.39, 0.29) is 23.8 Å². The van der Waals surface area contributed by atoms with Crippen molar-refractivity contribution in [1.29, 1.82) is 0 Å². The number of carbonyl (C=O) groups excluding carboxylic acids is 3. The SMILES string of the molecule is C=C[C@@H]1C[C@]1(NC(=O)C1CN(C(C)=O)CCN1c1ccccc1)C(=O)NS(=O)(=O)c1ccccc1NC. The van der Waals surface area contributed by atoms with E-state index in [1.165, 1.54) is 19.1 Å². The third-order valence-electron chi connectivity index (χ3n) is 6.94. The highest BCUT2D eigenvalue weighted by atomic mass is 32.2. The van der Waals surface area contributed by atoms with Crippen molar-refractivity contribution in [3.63, 3.8) is 0 Å². The Morgan fingerprint density at radius 1 is 1.05 bits per heavy atom. The molecule has 2 aliphatic rings. The standard InChI is InChI=1S/C26H31N5O5S/c1-4-19-16-26(19,25(34)29-37(35,36)23-13-9-8-12-21(23)27-3)28-24(33)22-17-30(18(2)32)14-15-31(22)20-10-6-5-7-11-20/h4-13,19,22,27H,1,14-17H2,2-3H3,(H,28,33)(H,29,34)/t19-,22?,26-/m1/s1. The Morgan fingerprint density at radius 3 is 2.35 bits per heavy atom. The van der Waals surface area contributed by atoms with E-state index in [0.717, 1.165) is 5.69 Å². The molecule has 1 saturated carbocycles. The van der Waals surface area contributed by atoms with Crippen molar-refractivity contribution >= 4 is 39.1 Å². The molecule has 10 nitrogen and oxygen atoms in total. The number of anilines is 2. The Morgan fingerprint density at radius 2 is 1.73 bits per heavy atom. The number of hydrogen-bond donors (Lipinski definition) is 3. The fraction of sp³-hybridized carbons (Fsp3) is 0.346. The van der Waals surface area contributed by atoms with Crippen LogP contribution in [0.4, 0.5) is 11.4 Å². The van der Waals surface area contributed by atoms with Gasteiger partial charge in [0.05, 0.1) is 12.2 Å². The molecule has 0 radical (unpaired) electrons. The summed E-state index contributed by atoms with van der Waals surface area (Å²) in [7, 11) is -2.64. The predicted molar refractivity (Wildman–Crippen MR) is 140 cm³/mol. The van der Waals surface area contributed by atoms with Gasteiger partial charge in [-0.2, -0.15) is 0 Å². The molecule has 1 aliphatic heterocycles. The lowest BCUT2D eigenvalue weighted by atomic mass is 10.1. The summed E-state index contributed by atoms with van der Waals surface area (Å²) < 4.78 is 28.3. The maximum Gasteiger partial charge on any atom is 0.266 e. The van der Waals surface area contributed by atoms with Crippen LogP contribution in [0.15, 0.2) is 72.1 Å². The van der Waals surface area contributed by atoms with Crippen LogP contribution in [0, 0.1) is 5.92 Å². The molecule has 3 amide bonds. The van der Waals surface area contributed by atoms with Crippen LogP contribution in [0.3, 0.4) is 0 Å². The summed E-state index contributed by atoms with van der Waals surface area (Å²) in [6.45, 7) is 6.22. The number of rotatable bonds is 8. The summed E-state index contributed by atoms with van der Waals surface area (Å²) in [6.07, 6.45) is 1.75. The molecule has 4 rings (SSSR count). The van der Waals surface area contributed by atoms with Crippen molar-refractivity contribution in [3.8, 4) is 0 Å². The maximum atomic E-state index is 13.6. The van der Waals surface area contributed by atoms with Gasteiger partial charge < -0.3 is 20.4 Å². The second kappa shape index (κ2) is 10.3. The number of sulfonamides is 1. The van der Waals surface area contributed by atoms with Gasteiger partial charge in [-0.3, -0.25) is 14.4 Å². The Hall–Kier alpha value is -3.86. The minimum atomic E-state index is -4.22. The molecule has 0 aromatic heterocycles. The number of piperazine rings is 1. The van der Waals surface area contributed by atoms with E-state index < -0.39 is 39.3 Å². The van der Waals surface area contributed by atoms with E-state index in [9.17, 15) is 22.8 Å². The number of nitrogens with zero attached hydrogens (tertiary/aromatic N) is 2. The first-order chi connectivity index (χ1) is 17.6. The van der Waals surface area contributed by atoms with Crippen LogP contribution in [0.2, 0.25) is 0 Å². The van der Waals surface area contributed by atoms with Gasteiger partial charge in [-0.15, -0.1) is 6.58 Å². The van der Waals surface area contributed by atoms with E-state index in [1.54, 1.807) is 30.1 Å². The highest BCUT2D eigenvalue weighted by molar-refractivity contribution is 7.90. The average Bonchev–Trinajstić information content (AvgIpc) is 3.62. The van der Waals surface area contributed by atoms with E-state index >= 15 is 0 Å². The lowest BCUT2D eigenvalue weighted by Gasteiger charge is -2.42. The Bertz CT molecular complexity index is 1320. The molecule has 1 saturated heterocycles. The van der Waals surface area contributed by atoms with Crippen LogP contribution in [-0.2, 0) is 24.4 Å². The van der Waals surface area contributed by atoms with Gasteiger partial charge in [-0.05, 0) is 30.7 Å². The zero-order chi connectivity index (χ0) is 26.8. The molecule has 196 valence electrons. The molecule has 1 aliphatic carbocycles. The summed E-state index contributed by atoms with van der Waals surface area (Å²) in [4.78, 5) is 42.5. The Kier molecular flexibility index (Phi) is 7.26. The third kappa shape index (κ3) is 5.17. The lowest BCUT2D eigenvalue weighted by molar-refractivity contribution is -0.133. The molecule has 11 heteroatoms. The summed E-state index contributed by atoms with van der Waals surface area (Å²) >= 11 is 0. The van der Waals surface area contributed by atoms with Gasteiger partial charge in [0.25, 0.3) is 15.9 Å². The minimum absolute atomic E-state index is 0.0808. The smallest absolute Gasteiger partial charge is 0.266 e. The topological polar surface area (TPSA) is 128 Å². The van der Waals surface area contributed by atoms with Gasteiger partial charge in [0.15, 0.2) is 0 Å². The quantitative estimate of drug-likeness (QED) is 0.444. The first-order valence-corrected chi connectivity index (χ1v) is 13.5. The Balaban J connectivity index is 1.59. The summed E-state index contributed by atoms with van der Waals surface area (Å²) in [5.41, 5.74) is -0.310.